The predicted molar refractivity (Wildman–Crippen MR) is 60.0 cm³/mol. The molecule has 2 N–H and O–H groups in total. The van der Waals surface area contributed by atoms with Crippen molar-refractivity contribution in [2.24, 2.45) is 0 Å². The van der Waals surface area contributed by atoms with Crippen LogP contribution in [0.4, 0.5) is 4.79 Å². The molecule has 0 fully saturated rings. The summed E-state index contributed by atoms with van der Waals surface area (Å²) in [6.07, 6.45) is 2.75. The monoisotopic (exact) mass is 217 g/mol. The number of aliphatic hydroxyl groups excluding tert-OH is 1. The number of unbranched alkanes of at least 4 members (excludes halogenated alkanes) is 3. The molecule has 15 heavy (non-hydrogen) atoms. The minimum absolute atomic E-state index is 0.224. The molecule has 0 aliphatic heterocycles. The molecule has 4 nitrogen and oxygen atoms in total. The van der Waals surface area contributed by atoms with Crippen LogP contribution >= 0.6 is 0 Å². The standard InChI is InChI=1S/C11H23NO3/c1-11(2,3)12(10(14)15)8-6-4-5-7-9-13/h13H,4-9H2,1-3H3,(H,14,15). The smallest absolute Gasteiger partial charge is 0.407 e. The van der Waals surface area contributed by atoms with Gasteiger partial charge in [0.05, 0.1) is 0 Å². The maximum atomic E-state index is 11.0. The van der Waals surface area contributed by atoms with Crippen molar-refractivity contribution in [3.8, 4) is 0 Å². The van der Waals surface area contributed by atoms with E-state index in [9.17, 15) is 4.79 Å². The van der Waals surface area contributed by atoms with E-state index in [0.29, 0.717) is 6.54 Å². The van der Waals surface area contributed by atoms with Gasteiger partial charge in [0, 0.05) is 18.7 Å². The summed E-state index contributed by atoms with van der Waals surface area (Å²) in [5.74, 6) is 0. The van der Waals surface area contributed by atoms with E-state index in [1.807, 2.05) is 20.8 Å². The van der Waals surface area contributed by atoms with Gasteiger partial charge in [-0.2, -0.15) is 0 Å². The van der Waals surface area contributed by atoms with Crippen LogP contribution in [0.2, 0.25) is 0 Å². The number of amides is 1. The SMILES string of the molecule is CC(C)(C)N(CCCCCCO)C(=O)O. The van der Waals surface area contributed by atoms with Gasteiger partial charge in [-0.05, 0) is 33.6 Å². The van der Waals surface area contributed by atoms with Crippen LogP contribution in [0.5, 0.6) is 0 Å². The van der Waals surface area contributed by atoms with E-state index in [1.165, 1.54) is 4.90 Å². The Labute approximate surface area is 91.9 Å². The molecule has 0 aromatic rings. The molecule has 0 heterocycles. The molecule has 0 aromatic carbocycles. The van der Waals surface area contributed by atoms with Crippen molar-refractivity contribution in [2.45, 2.75) is 52.0 Å². The lowest BCUT2D eigenvalue weighted by Gasteiger charge is -2.33. The topological polar surface area (TPSA) is 60.8 Å². The zero-order chi connectivity index (χ0) is 11.9. The molecule has 1 amide bonds. The van der Waals surface area contributed by atoms with E-state index < -0.39 is 6.09 Å². The molecule has 0 saturated heterocycles. The van der Waals surface area contributed by atoms with Gasteiger partial charge < -0.3 is 15.1 Å². The summed E-state index contributed by atoms with van der Waals surface area (Å²) in [7, 11) is 0. The van der Waals surface area contributed by atoms with Crippen molar-refractivity contribution in [3.05, 3.63) is 0 Å². The number of nitrogens with zero attached hydrogens (tertiary/aromatic N) is 1. The summed E-state index contributed by atoms with van der Waals surface area (Å²) in [6, 6.07) is 0. The van der Waals surface area contributed by atoms with Crippen LogP contribution in [0, 0.1) is 0 Å². The maximum absolute atomic E-state index is 11.0. The first kappa shape index (κ1) is 14.2. The summed E-state index contributed by atoms with van der Waals surface area (Å²) in [6.45, 7) is 6.49. The first-order chi connectivity index (χ1) is 6.89. The molecule has 0 aliphatic rings. The van der Waals surface area contributed by atoms with E-state index >= 15 is 0 Å². The van der Waals surface area contributed by atoms with E-state index in [0.717, 1.165) is 25.7 Å². The van der Waals surface area contributed by atoms with Crippen LogP contribution in [0.3, 0.4) is 0 Å². The van der Waals surface area contributed by atoms with Crippen LogP contribution in [0.1, 0.15) is 46.5 Å². The Morgan fingerprint density at radius 3 is 2.07 bits per heavy atom. The Morgan fingerprint density at radius 1 is 1.13 bits per heavy atom. The maximum Gasteiger partial charge on any atom is 0.407 e. The van der Waals surface area contributed by atoms with Crippen molar-refractivity contribution >= 4 is 6.09 Å². The van der Waals surface area contributed by atoms with Gasteiger partial charge in [-0.1, -0.05) is 12.8 Å². The average molecular weight is 217 g/mol. The normalized spacial score (nSPS) is 11.5. The molecule has 90 valence electrons. The fourth-order valence-electron chi connectivity index (χ4n) is 1.45. The Morgan fingerprint density at radius 2 is 1.67 bits per heavy atom. The molecule has 4 heteroatoms. The second kappa shape index (κ2) is 6.67. The Balaban J connectivity index is 3.84. The van der Waals surface area contributed by atoms with E-state index in [2.05, 4.69) is 0 Å². The largest absolute Gasteiger partial charge is 0.465 e. The number of carboxylic acid groups (broad SMARTS) is 1. The van der Waals surface area contributed by atoms with Gasteiger partial charge in [-0.15, -0.1) is 0 Å². The molecule has 0 spiro atoms. The average Bonchev–Trinajstić information content (AvgIpc) is 2.08. The Hall–Kier alpha value is -0.770. The lowest BCUT2D eigenvalue weighted by molar-refractivity contribution is 0.0988. The molecule has 0 atom stereocenters. The number of hydrogen-bond acceptors (Lipinski definition) is 2. The molecule has 0 saturated carbocycles. The van der Waals surface area contributed by atoms with E-state index in [4.69, 9.17) is 10.2 Å². The second-order valence-corrected chi connectivity index (χ2v) is 4.74. The number of aliphatic hydroxyl groups is 1. The van der Waals surface area contributed by atoms with Gasteiger partial charge in [0.1, 0.15) is 0 Å². The quantitative estimate of drug-likeness (QED) is 0.671. The highest BCUT2D eigenvalue weighted by molar-refractivity contribution is 5.65. The van der Waals surface area contributed by atoms with Gasteiger partial charge in [-0.3, -0.25) is 0 Å². The van der Waals surface area contributed by atoms with E-state index in [1.54, 1.807) is 0 Å². The van der Waals surface area contributed by atoms with Gasteiger partial charge >= 0.3 is 6.09 Å². The number of carbonyl (C=O) groups is 1. The zero-order valence-electron chi connectivity index (χ0n) is 9.99. The van der Waals surface area contributed by atoms with Crippen molar-refractivity contribution in [3.63, 3.8) is 0 Å². The Bertz CT molecular complexity index is 187. The fourth-order valence-corrected chi connectivity index (χ4v) is 1.45. The number of hydrogen-bond donors (Lipinski definition) is 2. The third-order valence-electron chi connectivity index (χ3n) is 2.33. The highest BCUT2D eigenvalue weighted by atomic mass is 16.4. The Kier molecular flexibility index (Phi) is 6.32. The third kappa shape index (κ3) is 6.33. The van der Waals surface area contributed by atoms with Gasteiger partial charge in [-0.25, -0.2) is 4.79 Å². The first-order valence-electron chi connectivity index (χ1n) is 5.51. The highest BCUT2D eigenvalue weighted by Crippen LogP contribution is 2.14. The zero-order valence-corrected chi connectivity index (χ0v) is 9.99. The van der Waals surface area contributed by atoms with Gasteiger partial charge in [0.25, 0.3) is 0 Å². The minimum Gasteiger partial charge on any atom is -0.465 e. The van der Waals surface area contributed by atoms with Crippen molar-refractivity contribution < 1.29 is 15.0 Å². The molecule has 0 aromatic heterocycles. The first-order valence-corrected chi connectivity index (χ1v) is 5.51. The summed E-state index contributed by atoms with van der Waals surface area (Å²) in [5, 5.41) is 17.6. The van der Waals surface area contributed by atoms with Gasteiger partial charge in [0.15, 0.2) is 0 Å². The van der Waals surface area contributed by atoms with Crippen LogP contribution < -0.4 is 0 Å². The molecule has 0 aliphatic carbocycles. The molecular weight excluding hydrogens is 194 g/mol. The van der Waals surface area contributed by atoms with E-state index in [-0.39, 0.29) is 12.1 Å². The van der Waals surface area contributed by atoms with Crippen LogP contribution in [0.15, 0.2) is 0 Å². The lowest BCUT2D eigenvalue weighted by Crippen LogP contribution is -2.45. The summed E-state index contributed by atoms with van der Waals surface area (Å²) >= 11 is 0. The van der Waals surface area contributed by atoms with Crippen molar-refractivity contribution in [2.75, 3.05) is 13.2 Å². The summed E-state index contributed by atoms with van der Waals surface area (Å²) in [5.41, 5.74) is -0.331. The molecule has 0 unspecified atom stereocenters. The fraction of sp³-hybridized carbons (Fsp3) is 0.909. The summed E-state index contributed by atoms with van der Waals surface area (Å²) in [4.78, 5) is 12.4. The molecule has 0 radical (unpaired) electrons. The summed E-state index contributed by atoms with van der Waals surface area (Å²) < 4.78 is 0. The van der Waals surface area contributed by atoms with Crippen LogP contribution in [-0.2, 0) is 0 Å². The van der Waals surface area contributed by atoms with Crippen LogP contribution in [0.25, 0.3) is 0 Å². The molecule has 0 rings (SSSR count). The van der Waals surface area contributed by atoms with Gasteiger partial charge in [0.2, 0.25) is 0 Å². The van der Waals surface area contributed by atoms with Crippen LogP contribution in [-0.4, -0.2) is 39.9 Å². The van der Waals surface area contributed by atoms with Crippen molar-refractivity contribution in [1.29, 1.82) is 0 Å². The van der Waals surface area contributed by atoms with Crippen molar-refractivity contribution in [1.82, 2.24) is 4.90 Å². The second-order valence-electron chi connectivity index (χ2n) is 4.74. The molecular formula is C11H23NO3. The lowest BCUT2D eigenvalue weighted by atomic mass is 10.1. The minimum atomic E-state index is -0.857. The third-order valence-corrected chi connectivity index (χ3v) is 2.33. The predicted octanol–water partition coefficient (Wildman–Crippen LogP) is 2.32. The number of rotatable bonds is 6. The highest BCUT2D eigenvalue weighted by Gasteiger charge is 2.24. The molecule has 0 bridgehead atoms.